The van der Waals surface area contributed by atoms with E-state index in [-0.39, 0.29) is 29.6 Å². The Balaban J connectivity index is 2.22. The first-order valence-electron chi connectivity index (χ1n) is 7.36. The molecule has 0 spiro atoms. The maximum Gasteiger partial charge on any atom is 0.303 e. The Bertz CT molecular complexity index is 634. The van der Waals surface area contributed by atoms with Crippen molar-refractivity contribution in [3.63, 3.8) is 0 Å². The maximum absolute atomic E-state index is 12.7. The number of hydrogen-bond donors (Lipinski definition) is 1. The van der Waals surface area contributed by atoms with Gasteiger partial charge in [0, 0.05) is 41.2 Å². The number of non-ortho nitro benzene ring substituents is 1. The van der Waals surface area contributed by atoms with Gasteiger partial charge in [-0.1, -0.05) is 15.9 Å². The van der Waals surface area contributed by atoms with E-state index in [4.69, 9.17) is 5.11 Å². The van der Waals surface area contributed by atoms with Gasteiger partial charge in [0.05, 0.1) is 4.92 Å². The quantitative estimate of drug-likeness (QED) is 0.620. The lowest BCUT2D eigenvalue weighted by Crippen LogP contribution is -2.44. The van der Waals surface area contributed by atoms with Crippen molar-refractivity contribution >= 4 is 33.5 Å². The smallest absolute Gasteiger partial charge is 0.303 e. The number of nitrogens with zero attached hydrogens (tertiary/aromatic N) is 2. The minimum Gasteiger partial charge on any atom is -0.481 e. The van der Waals surface area contributed by atoms with E-state index >= 15 is 0 Å². The fraction of sp³-hybridized carbons (Fsp3) is 0.467. The van der Waals surface area contributed by atoms with Gasteiger partial charge in [0.25, 0.3) is 11.6 Å². The molecule has 0 radical (unpaired) electrons. The summed E-state index contributed by atoms with van der Waals surface area (Å²) < 4.78 is 0.467. The summed E-state index contributed by atoms with van der Waals surface area (Å²) >= 11 is 3.19. The average molecular weight is 385 g/mol. The molecule has 1 amide bonds. The summed E-state index contributed by atoms with van der Waals surface area (Å²) in [6, 6.07) is 4.02. The molecular weight excluding hydrogens is 368 g/mol. The number of likely N-dealkylation sites (tertiary alicyclic amines) is 1. The maximum atomic E-state index is 12.7. The number of rotatable bonds is 5. The molecule has 0 bridgehead atoms. The Labute approximate surface area is 141 Å². The number of halogens is 1. The number of hydrogen-bond acceptors (Lipinski definition) is 4. The topological polar surface area (TPSA) is 101 Å². The van der Waals surface area contributed by atoms with Crippen LogP contribution in [0.4, 0.5) is 5.69 Å². The third-order valence-electron chi connectivity index (χ3n) is 3.92. The van der Waals surface area contributed by atoms with Gasteiger partial charge >= 0.3 is 5.97 Å². The highest BCUT2D eigenvalue weighted by atomic mass is 79.9. The first-order chi connectivity index (χ1) is 10.9. The van der Waals surface area contributed by atoms with Crippen molar-refractivity contribution in [1.82, 2.24) is 4.90 Å². The molecule has 7 nitrogen and oxygen atoms in total. The van der Waals surface area contributed by atoms with Crippen molar-refractivity contribution in [3.05, 3.63) is 38.3 Å². The Kier molecular flexibility index (Phi) is 5.70. The average Bonchev–Trinajstić information content (AvgIpc) is 2.51. The van der Waals surface area contributed by atoms with Gasteiger partial charge in [0.1, 0.15) is 0 Å². The van der Waals surface area contributed by atoms with E-state index in [1.54, 1.807) is 11.0 Å². The van der Waals surface area contributed by atoms with Crippen LogP contribution in [0.3, 0.4) is 0 Å². The van der Waals surface area contributed by atoms with Crippen molar-refractivity contribution < 1.29 is 19.6 Å². The van der Waals surface area contributed by atoms with Gasteiger partial charge in [-0.25, -0.2) is 0 Å². The fourth-order valence-corrected chi connectivity index (χ4v) is 3.31. The summed E-state index contributed by atoms with van der Waals surface area (Å²) in [6.07, 6.45) is 2.97. The molecule has 1 fully saturated rings. The largest absolute Gasteiger partial charge is 0.481 e. The predicted molar refractivity (Wildman–Crippen MR) is 86.3 cm³/mol. The number of carboxylic acid groups (broad SMARTS) is 1. The lowest BCUT2D eigenvalue weighted by molar-refractivity contribution is -0.385. The van der Waals surface area contributed by atoms with Crippen molar-refractivity contribution in [2.24, 2.45) is 0 Å². The molecule has 0 aliphatic carbocycles. The summed E-state index contributed by atoms with van der Waals surface area (Å²) in [6.45, 7) is 0.545. The Morgan fingerprint density at radius 1 is 1.35 bits per heavy atom. The number of carbonyl (C=O) groups is 2. The molecule has 2 rings (SSSR count). The van der Waals surface area contributed by atoms with E-state index in [2.05, 4.69) is 15.9 Å². The van der Waals surface area contributed by atoms with Crippen LogP contribution < -0.4 is 0 Å². The van der Waals surface area contributed by atoms with Gasteiger partial charge in [-0.15, -0.1) is 0 Å². The van der Waals surface area contributed by atoms with Crippen LogP contribution >= 0.6 is 15.9 Å². The molecule has 8 heteroatoms. The lowest BCUT2D eigenvalue weighted by Gasteiger charge is -2.35. The zero-order chi connectivity index (χ0) is 17.0. The second-order valence-corrected chi connectivity index (χ2v) is 6.45. The van der Waals surface area contributed by atoms with Crippen molar-refractivity contribution in [2.75, 3.05) is 6.54 Å². The van der Waals surface area contributed by atoms with Crippen LogP contribution in [0.5, 0.6) is 0 Å². The minimum absolute atomic E-state index is 0.00702. The van der Waals surface area contributed by atoms with Gasteiger partial charge in [-0.05, 0) is 31.7 Å². The van der Waals surface area contributed by atoms with Gasteiger partial charge in [0.2, 0.25) is 0 Å². The second-order valence-electron chi connectivity index (χ2n) is 5.54. The molecule has 1 unspecified atom stereocenters. The summed E-state index contributed by atoms with van der Waals surface area (Å²) in [7, 11) is 0. The van der Waals surface area contributed by atoms with Crippen LogP contribution in [0.1, 0.15) is 42.5 Å². The highest BCUT2D eigenvalue weighted by molar-refractivity contribution is 9.10. The van der Waals surface area contributed by atoms with Crippen molar-refractivity contribution in [1.29, 1.82) is 0 Å². The van der Waals surface area contributed by atoms with E-state index in [1.807, 2.05) is 0 Å². The van der Waals surface area contributed by atoms with Crippen LogP contribution in [0.25, 0.3) is 0 Å². The number of nitro groups is 1. The van der Waals surface area contributed by atoms with Crippen LogP contribution in [0.15, 0.2) is 22.7 Å². The highest BCUT2D eigenvalue weighted by Gasteiger charge is 2.28. The first kappa shape index (κ1) is 17.4. The molecule has 0 saturated carbocycles. The molecule has 1 aliphatic rings. The molecule has 1 aromatic carbocycles. The standard InChI is InChI=1S/C15H17BrN2O5/c16-11-7-10(8-13(9-11)18(22)23)15(21)17-6-2-1-3-12(17)4-5-14(19)20/h7-9,12H,1-6H2,(H,19,20). The molecule has 1 heterocycles. The van der Waals surface area contributed by atoms with Gasteiger partial charge < -0.3 is 10.0 Å². The van der Waals surface area contributed by atoms with Gasteiger partial charge in [-0.2, -0.15) is 0 Å². The Morgan fingerprint density at radius 3 is 2.74 bits per heavy atom. The third kappa shape index (κ3) is 4.51. The summed E-state index contributed by atoms with van der Waals surface area (Å²) in [5.41, 5.74) is 0.0927. The SMILES string of the molecule is O=C(O)CCC1CCCCN1C(=O)c1cc(Br)cc([N+](=O)[O-])c1. The monoisotopic (exact) mass is 384 g/mol. The molecule has 0 aromatic heterocycles. The Hall–Kier alpha value is -1.96. The van der Waals surface area contributed by atoms with Crippen molar-refractivity contribution in [3.8, 4) is 0 Å². The number of carbonyl (C=O) groups excluding carboxylic acids is 1. The summed E-state index contributed by atoms with van der Waals surface area (Å²) in [5.74, 6) is -1.18. The molecule has 1 aromatic rings. The number of nitro benzene ring substituents is 1. The number of carboxylic acids is 1. The van der Waals surface area contributed by atoms with Crippen LogP contribution in [0.2, 0.25) is 0 Å². The number of aliphatic carboxylic acids is 1. The molecule has 1 N–H and O–H groups in total. The van der Waals surface area contributed by atoms with E-state index in [0.29, 0.717) is 17.4 Å². The second kappa shape index (κ2) is 7.54. The van der Waals surface area contributed by atoms with Gasteiger partial charge in [0.15, 0.2) is 0 Å². The van der Waals surface area contributed by atoms with E-state index in [0.717, 1.165) is 19.3 Å². The summed E-state index contributed by atoms with van der Waals surface area (Å²) in [4.78, 5) is 35.5. The molecule has 23 heavy (non-hydrogen) atoms. The first-order valence-corrected chi connectivity index (χ1v) is 8.15. The van der Waals surface area contributed by atoms with Crippen LogP contribution in [0, 0.1) is 10.1 Å². The number of piperidine rings is 1. The van der Waals surface area contributed by atoms with Crippen LogP contribution in [-0.2, 0) is 4.79 Å². The zero-order valence-corrected chi connectivity index (χ0v) is 14.0. The van der Waals surface area contributed by atoms with E-state index in [1.165, 1.54) is 12.1 Å². The minimum atomic E-state index is -0.888. The fourth-order valence-electron chi connectivity index (χ4n) is 2.83. The highest BCUT2D eigenvalue weighted by Crippen LogP contribution is 2.26. The predicted octanol–water partition coefficient (Wildman–Crippen LogP) is 3.22. The molecule has 1 saturated heterocycles. The number of benzene rings is 1. The molecule has 124 valence electrons. The van der Waals surface area contributed by atoms with Crippen LogP contribution in [-0.4, -0.2) is 39.4 Å². The molecule has 1 atom stereocenters. The van der Waals surface area contributed by atoms with E-state index in [9.17, 15) is 19.7 Å². The van der Waals surface area contributed by atoms with Crippen molar-refractivity contribution in [2.45, 2.75) is 38.1 Å². The van der Waals surface area contributed by atoms with Gasteiger partial charge in [-0.3, -0.25) is 19.7 Å². The van der Waals surface area contributed by atoms with E-state index < -0.39 is 10.9 Å². The molecular formula is C15H17BrN2O5. The number of amides is 1. The Morgan fingerprint density at radius 2 is 2.09 bits per heavy atom. The lowest BCUT2D eigenvalue weighted by atomic mass is 9.97. The summed E-state index contributed by atoms with van der Waals surface area (Å²) in [5, 5.41) is 19.8. The molecule has 1 aliphatic heterocycles. The third-order valence-corrected chi connectivity index (χ3v) is 4.38. The zero-order valence-electron chi connectivity index (χ0n) is 12.4. The normalized spacial score (nSPS) is 17.8.